The molecule has 1 fully saturated rings. The number of fused-ring (bicyclic) bond motifs is 1. The van der Waals surface area contributed by atoms with Crippen LogP contribution in [0, 0.1) is 5.82 Å². The van der Waals surface area contributed by atoms with Crippen LogP contribution in [-0.2, 0) is 9.53 Å². The number of hydrogen-bond acceptors (Lipinski definition) is 7. The number of morpholine rings is 1. The van der Waals surface area contributed by atoms with Gasteiger partial charge in [-0.05, 0) is 48.9 Å². The Balaban J connectivity index is 1.47. The highest BCUT2D eigenvalue weighted by atomic mass is 32.2. The van der Waals surface area contributed by atoms with Crippen LogP contribution in [-0.4, -0.2) is 68.0 Å². The Bertz CT molecular complexity index is 1040. The second-order valence-electron chi connectivity index (χ2n) is 7.43. The molecule has 0 atom stereocenters. The molecule has 1 amide bonds. The minimum Gasteiger partial charge on any atom is -0.497 e. The molecule has 6 nitrogen and oxygen atoms in total. The number of amides is 1. The van der Waals surface area contributed by atoms with Gasteiger partial charge in [0.25, 0.3) is 0 Å². The average molecular weight is 476 g/mol. The van der Waals surface area contributed by atoms with Gasteiger partial charge in [0.05, 0.1) is 36.3 Å². The second-order valence-corrected chi connectivity index (χ2v) is 9.48. The molecule has 0 radical (unpaired) electrons. The number of methoxy groups -OCH3 is 1. The first-order valence-electron chi connectivity index (χ1n) is 10.6. The Morgan fingerprint density at radius 3 is 2.78 bits per heavy atom. The van der Waals surface area contributed by atoms with E-state index in [1.165, 1.54) is 35.2 Å². The first-order chi connectivity index (χ1) is 15.6. The number of halogens is 1. The number of carbonyl (C=O) groups excluding carboxylic acids is 1. The summed E-state index contributed by atoms with van der Waals surface area (Å²) in [5.41, 5.74) is 0.850. The molecule has 2 heterocycles. The van der Waals surface area contributed by atoms with Gasteiger partial charge in [0.1, 0.15) is 11.6 Å². The topological polar surface area (TPSA) is 54.9 Å². The quantitative estimate of drug-likeness (QED) is 0.431. The van der Waals surface area contributed by atoms with Crippen LogP contribution in [0.5, 0.6) is 5.75 Å². The number of nitrogens with zero attached hydrogens (tertiary/aromatic N) is 3. The van der Waals surface area contributed by atoms with Crippen molar-refractivity contribution in [3.63, 3.8) is 0 Å². The number of benzene rings is 2. The summed E-state index contributed by atoms with van der Waals surface area (Å²) in [7, 11) is 1.64. The van der Waals surface area contributed by atoms with Crippen LogP contribution in [0.4, 0.5) is 9.52 Å². The van der Waals surface area contributed by atoms with Gasteiger partial charge in [-0.15, -0.1) is 11.8 Å². The predicted molar refractivity (Wildman–Crippen MR) is 128 cm³/mol. The van der Waals surface area contributed by atoms with E-state index in [1.54, 1.807) is 24.1 Å². The fourth-order valence-corrected chi connectivity index (χ4v) is 5.31. The third-order valence-corrected chi connectivity index (χ3v) is 7.29. The Morgan fingerprint density at radius 2 is 2.03 bits per heavy atom. The molecule has 9 heteroatoms. The molecule has 0 N–H and O–H groups in total. The van der Waals surface area contributed by atoms with Crippen LogP contribution in [0.1, 0.15) is 6.42 Å². The highest BCUT2D eigenvalue weighted by Crippen LogP contribution is 2.32. The van der Waals surface area contributed by atoms with Gasteiger partial charge in [-0.3, -0.25) is 14.6 Å². The van der Waals surface area contributed by atoms with Gasteiger partial charge in [-0.25, -0.2) is 9.37 Å². The zero-order chi connectivity index (χ0) is 22.3. The fourth-order valence-electron chi connectivity index (χ4n) is 3.49. The molecular formula is C23H26FN3O3S2. The first kappa shape index (κ1) is 23.0. The van der Waals surface area contributed by atoms with Gasteiger partial charge in [-0.2, -0.15) is 0 Å². The molecule has 1 aliphatic heterocycles. The lowest BCUT2D eigenvalue weighted by molar-refractivity contribution is -0.116. The van der Waals surface area contributed by atoms with Crippen LogP contribution < -0.4 is 9.64 Å². The van der Waals surface area contributed by atoms with Crippen molar-refractivity contribution in [2.24, 2.45) is 0 Å². The Hall–Kier alpha value is -2.20. The van der Waals surface area contributed by atoms with Gasteiger partial charge in [0, 0.05) is 31.1 Å². The number of carbonyl (C=O) groups is 1. The van der Waals surface area contributed by atoms with E-state index in [9.17, 15) is 9.18 Å². The third-order valence-electron chi connectivity index (χ3n) is 5.25. The van der Waals surface area contributed by atoms with Crippen LogP contribution in [0.25, 0.3) is 10.2 Å². The smallest absolute Gasteiger partial charge is 0.239 e. The number of hydrogen-bond donors (Lipinski definition) is 0. The van der Waals surface area contributed by atoms with Crippen molar-refractivity contribution in [1.82, 2.24) is 9.88 Å². The normalized spacial score (nSPS) is 14.6. The lowest BCUT2D eigenvalue weighted by Gasteiger charge is -2.27. The number of thiazole rings is 1. The summed E-state index contributed by atoms with van der Waals surface area (Å²) in [5, 5.41) is 0.694. The van der Waals surface area contributed by atoms with E-state index in [4.69, 9.17) is 14.5 Å². The van der Waals surface area contributed by atoms with Gasteiger partial charge >= 0.3 is 0 Å². The summed E-state index contributed by atoms with van der Waals surface area (Å²) < 4.78 is 24.9. The summed E-state index contributed by atoms with van der Waals surface area (Å²) in [4.78, 5) is 22.9. The van der Waals surface area contributed by atoms with Crippen molar-refractivity contribution in [3.05, 3.63) is 48.3 Å². The van der Waals surface area contributed by atoms with Crippen molar-refractivity contribution in [2.75, 3.05) is 57.2 Å². The van der Waals surface area contributed by atoms with Crippen molar-refractivity contribution >= 4 is 44.4 Å². The van der Waals surface area contributed by atoms with Crippen LogP contribution >= 0.6 is 23.1 Å². The molecule has 32 heavy (non-hydrogen) atoms. The van der Waals surface area contributed by atoms with E-state index in [0.29, 0.717) is 11.7 Å². The summed E-state index contributed by atoms with van der Waals surface area (Å²) in [6.45, 7) is 4.88. The van der Waals surface area contributed by atoms with Crippen LogP contribution in [0.2, 0.25) is 0 Å². The van der Waals surface area contributed by atoms with Gasteiger partial charge in [0.15, 0.2) is 5.13 Å². The van der Waals surface area contributed by atoms with E-state index < -0.39 is 0 Å². The Morgan fingerprint density at radius 1 is 1.25 bits per heavy atom. The lowest BCUT2D eigenvalue weighted by Crippen LogP contribution is -2.39. The number of anilines is 1. The van der Waals surface area contributed by atoms with Crippen molar-refractivity contribution in [1.29, 1.82) is 0 Å². The molecule has 4 rings (SSSR count). The van der Waals surface area contributed by atoms with Crippen LogP contribution in [0.3, 0.4) is 0 Å². The summed E-state index contributed by atoms with van der Waals surface area (Å²) in [5.74, 6) is 0.745. The molecule has 3 aromatic rings. The zero-order valence-electron chi connectivity index (χ0n) is 18.0. The zero-order valence-corrected chi connectivity index (χ0v) is 19.6. The van der Waals surface area contributed by atoms with Crippen molar-refractivity contribution in [3.8, 4) is 5.75 Å². The SMILES string of the molecule is COc1ccc2nc(N(CCCN3CCOCC3)C(=O)CSc3ccc(F)cc3)sc2c1. The van der Waals surface area contributed by atoms with E-state index in [-0.39, 0.29) is 17.5 Å². The number of rotatable bonds is 9. The summed E-state index contributed by atoms with van der Waals surface area (Å²) in [6.07, 6.45) is 0.853. The number of ether oxygens (including phenoxy) is 2. The maximum atomic E-state index is 13.2. The molecule has 0 aliphatic carbocycles. The fraction of sp³-hybridized carbons (Fsp3) is 0.391. The van der Waals surface area contributed by atoms with E-state index in [0.717, 1.165) is 60.1 Å². The van der Waals surface area contributed by atoms with E-state index in [2.05, 4.69) is 4.90 Å². The van der Waals surface area contributed by atoms with Gasteiger partial charge in [-0.1, -0.05) is 11.3 Å². The molecule has 0 saturated carbocycles. The minimum atomic E-state index is -0.282. The lowest BCUT2D eigenvalue weighted by atomic mass is 10.3. The highest BCUT2D eigenvalue weighted by Gasteiger charge is 2.21. The molecule has 2 aromatic carbocycles. The van der Waals surface area contributed by atoms with Gasteiger partial charge < -0.3 is 9.47 Å². The highest BCUT2D eigenvalue weighted by molar-refractivity contribution is 8.00. The Kier molecular flexibility index (Phi) is 7.96. The monoisotopic (exact) mass is 475 g/mol. The predicted octanol–water partition coefficient (Wildman–Crippen LogP) is 4.29. The molecule has 0 bridgehead atoms. The second kappa shape index (κ2) is 11.1. The Labute approximate surface area is 195 Å². The molecule has 0 unspecified atom stereocenters. The first-order valence-corrected chi connectivity index (χ1v) is 12.4. The molecule has 1 aliphatic rings. The van der Waals surface area contributed by atoms with Crippen LogP contribution in [0.15, 0.2) is 47.4 Å². The molecule has 170 valence electrons. The number of aromatic nitrogens is 1. The summed E-state index contributed by atoms with van der Waals surface area (Å²) in [6, 6.07) is 11.9. The maximum absolute atomic E-state index is 13.2. The largest absolute Gasteiger partial charge is 0.497 e. The van der Waals surface area contributed by atoms with E-state index in [1.807, 2.05) is 18.2 Å². The van der Waals surface area contributed by atoms with Crippen molar-refractivity contribution in [2.45, 2.75) is 11.3 Å². The molecule has 0 spiro atoms. The summed E-state index contributed by atoms with van der Waals surface area (Å²) >= 11 is 2.90. The standard InChI is InChI=1S/C23H26FN3O3S2/c1-29-18-5-8-20-21(15-18)32-23(25-20)27(10-2-9-26-11-13-30-14-12-26)22(28)16-31-19-6-3-17(24)4-7-19/h3-8,15H,2,9-14,16H2,1H3. The number of thioether (sulfide) groups is 1. The van der Waals surface area contributed by atoms with E-state index >= 15 is 0 Å². The van der Waals surface area contributed by atoms with Gasteiger partial charge in [0.2, 0.25) is 5.91 Å². The maximum Gasteiger partial charge on any atom is 0.239 e. The molecule has 1 saturated heterocycles. The van der Waals surface area contributed by atoms with Crippen molar-refractivity contribution < 1.29 is 18.7 Å². The average Bonchev–Trinajstić information content (AvgIpc) is 3.24. The minimum absolute atomic E-state index is 0.00711. The molecular weight excluding hydrogens is 449 g/mol. The molecule has 1 aromatic heterocycles. The third kappa shape index (κ3) is 5.98.